The summed E-state index contributed by atoms with van der Waals surface area (Å²) in [4.78, 5) is 17.9. The average molecular weight is 207 g/mol. The Labute approximate surface area is 89.9 Å². The average Bonchev–Trinajstić information content (AvgIpc) is 2.77. The molecule has 1 unspecified atom stereocenters. The molecule has 1 fully saturated rings. The van der Waals surface area contributed by atoms with Gasteiger partial charge in [-0.2, -0.15) is 0 Å². The minimum Gasteiger partial charge on any atom is -0.343 e. The number of carbonyl (C=O) groups is 1. The van der Waals surface area contributed by atoms with Crippen LogP contribution in [0.25, 0.3) is 0 Å². The molecular formula is C11H17N3O. The molecule has 1 aromatic rings. The maximum absolute atomic E-state index is 11.9. The molecule has 2 heterocycles. The second kappa shape index (κ2) is 4.04. The largest absolute Gasteiger partial charge is 0.343 e. The number of nitrogens with zero attached hydrogens (tertiary/aromatic N) is 3. The van der Waals surface area contributed by atoms with E-state index in [0.29, 0.717) is 5.91 Å². The van der Waals surface area contributed by atoms with Crippen LogP contribution in [0.5, 0.6) is 0 Å². The van der Waals surface area contributed by atoms with E-state index in [-0.39, 0.29) is 5.92 Å². The highest BCUT2D eigenvalue weighted by Crippen LogP contribution is 2.21. The number of hydrogen-bond acceptors (Lipinski definition) is 2. The Morgan fingerprint density at radius 3 is 2.93 bits per heavy atom. The van der Waals surface area contributed by atoms with Crippen molar-refractivity contribution in [2.24, 2.45) is 13.0 Å². The first-order valence-corrected chi connectivity index (χ1v) is 5.46. The van der Waals surface area contributed by atoms with Crippen LogP contribution in [-0.2, 0) is 18.3 Å². The molecule has 0 spiro atoms. The van der Waals surface area contributed by atoms with E-state index in [1.165, 1.54) is 0 Å². The highest BCUT2D eigenvalue weighted by molar-refractivity contribution is 5.81. The van der Waals surface area contributed by atoms with Gasteiger partial charge >= 0.3 is 0 Å². The van der Waals surface area contributed by atoms with E-state index in [0.717, 1.165) is 31.6 Å². The van der Waals surface area contributed by atoms with Crippen molar-refractivity contribution in [3.05, 3.63) is 18.2 Å². The van der Waals surface area contributed by atoms with Crippen LogP contribution in [0.15, 0.2) is 12.5 Å². The molecule has 1 amide bonds. The number of likely N-dealkylation sites (tertiary alicyclic amines) is 1. The quantitative estimate of drug-likeness (QED) is 0.736. The summed E-state index contributed by atoms with van der Waals surface area (Å²) in [7, 11) is 1.97. The van der Waals surface area contributed by atoms with Gasteiger partial charge in [-0.1, -0.05) is 0 Å². The third-order valence-corrected chi connectivity index (χ3v) is 3.16. The van der Waals surface area contributed by atoms with Crippen LogP contribution in [0.1, 0.15) is 19.0 Å². The molecule has 15 heavy (non-hydrogen) atoms. The highest BCUT2D eigenvalue weighted by atomic mass is 16.2. The van der Waals surface area contributed by atoms with Gasteiger partial charge in [-0.25, -0.2) is 4.98 Å². The number of aromatic nitrogens is 2. The third kappa shape index (κ3) is 1.89. The van der Waals surface area contributed by atoms with Crippen LogP contribution in [0, 0.1) is 5.92 Å². The molecule has 82 valence electrons. The molecule has 0 bridgehead atoms. The summed E-state index contributed by atoms with van der Waals surface area (Å²) in [6.45, 7) is 3.78. The normalized spacial score (nSPS) is 21.3. The Morgan fingerprint density at radius 2 is 2.40 bits per heavy atom. The second-order valence-electron chi connectivity index (χ2n) is 4.10. The summed E-state index contributed by atoms with van der Waals surface area (Å²) in [6, 6.07) is 0. The summed E-state index contributed by atoms with van der Waals surface area (Å²) >= 11 is 0. The molecule has 0 radical (unpaired) electrons. The zero-order valence-corrected chi connectivity index (χ0v) is 9.31. The molecule has 0 aromatic carbocycles. The van der Waals surface area contributed by atoms with E-state index in [1.807, 2.05) is 29.6 Å². The lowest BCUT2D eigenvalue weighted by Crippen LogP contribution is -2.27. The van der Waals surface area contributed by atoms with Gasteiger partial charge in [0, 0.05) is 44.4 Å². The van der Waals surface area contributed by atoms with Crippen LogP contribution in [0.2, 0.25) is 0 Å². The number of aryl methyl sites for hydroxylation is 1. The second-order valence-corrected chi connectivity index (χ2v) is 4.10. The van der Waals surface area contributed by atoms with Crippen molar-refractivity contribution in [2.45, 2.75) is 19.8 Å². The lowest BCUT2D eigenvalue weighted by atomic mass is 10.0. The Bertz CT molecular complexity index is 358. The van der Waals surface area contributed by atoms with Gasteiger partial charge in [0.15, 0.2) is 0 Å². The number of amides is 1. The van der Waals surface area contributed by atoms with Gasteiger partial charge in [0.2, 0.25) is 5.91 Å². The van der Waals surface area contributed by atoms with Crippen LogP contribution in [0.4, 0.5) is 0 Å². The minimum atomic E-state index is 0.167. The number of imidazole rings is 1. The Balaban J connectivity index is 2.03. The molecule has 1 atom stereocenters. The van der Waals surface area contributed by atoms with Crippen LogP contribution in [-0.4, -0.2) is 33.4 Å². The molecule has 1 aromatic heterocycles. The first kappa shape index (κ1) is 10.2. The van der Waals surface area contributed by atoms with Crippen molar-refractivity contribution in [1.29, 1.82) is 0 Å². The van der Waals surface area contributed by atoms with Gasteiger partial charge in [0.05, 0.1) is 6.33 Å². The highest BCUT2D eigenvalue weighted by Gasteiger charge is 2.30. The summed E-state index contributed by atoms with van der Waals surface area (Å²) in [6.07, 6.45) is 5.44. The zero-order chi connectivity index (χ0) is 10.8. The summed E-state index contributed by atoms with van der Waals surface area (Å²) in [5, 5.41) is 0. The fourth-order valence-electron chi connectivity index (χ4n) is 2.14. The molecule has 4 nitrogen and oxygen atoms in total. The molecule has 0 N–H and O–H groups in total. The van der Waals surface area contributed by atoms with Crippen LogP contribution < -0.4 is 0 Å². The van der Waals surface area contributed by atoms with Crippen molar-refractivity contribution < 1.29 is 4.79 Å². The summed E-state index contributed by atoms with van der Waals surface area (Å²) < 4.78 is 1.99. The lowest BCUT2D eigenvalue weighted by Gasteiger charge is -2.13. The molecule has 0 saturated carbocycles. The van der Waals surface area contributed by atoms with Crippen molar-refractivity contribution in [3.63, 3.8) is 0 Å². The van der Waals surface area contributed by atoms with Gasteiger partial charge in [0.25, 0.3) is 0 Å². The smallest absolute Gasteiger partial charge is 0.226 e. The van der Waals surface area contributed by atoms with Crippen LogP contribution >= 0.6 is 0 Å². The van der Waals surface area contributed by atoms with Crippen molar-refractivity contribution in [3.8, 4) is 0 Å². The van der Waals surface area contributed by atoms with E-state index in [2.05, 4.69) is 4.98 Å². The molecule has 1 aliphatic rings. The topological polar surface area (TPSA) is 38.1 Å². The predicted molar refractivity (Wildman–Crippen MR) is 57.3 cm³/mol. The standard InChI is InChI=1S/C11H17N3O/c1-3-14-5-4-9(11(14)15)6-10-7-12-8-13(10)2/h7-9H,3-6H2,1-2H3. The van der Waals surface area contributed by atoms with E-state index in [4.69, 9.17) is 0 Å². The van der Waals surface area contributed by atoms with Gasteiger partial charge in [0.1, 0.15) is 0 Å². The Hall–Kier alpha value is -1.32. The summed E-state index contributed by atoms with van der Waals surface area (Å²) in [5.74, 6) is 0.471. The van der Waals surface area contributed by atoms with Crippen molar-refractivity contribution in [2.75, 3.05) is 13.1 Å². The van der Waals surface area contributed by atoms with E-state index < -0.39 is 0 Å². The predicted octanol–water partition coefficient (Wildman–Crippen LogP) is 0.831. The van der Waals surface area contributed by atoms with Crippen molar-refractivity contribution in [1.82, 2.24) is 14.5 Å². The first-order chi connectivity index (χ1) is 7.22. The fraction of sp³-hybridized carbons (Fsp3) is 0.636. The number of hydrogen-bond donors (Lipinski definition) is 0. The van der Waals surface area contributed by atoms with E-state index in [9.17, 15) is 4.79 Å². The molecule has 2 rings (SSSR count). The van der Waals surface area contributed by atoms with Gasteiger partial charge in [-0.05, 0) is 13.3 Å². The zero-order valence-electron chi connectivity index (χ0n) is 9.31. The molecule has 1 aliphatic heterocycles. The Morgan fingerprint density at radius 1 is 1.60 bits per heavy atom. The monoisotopic (exact) mass is 207 g/mol. The number of carbonyl (C=O) groups excluding carboxylic acids is 1. The maximum atomic E-state index is 11.9. The SMILES string of the molecule is CCN1CCC(Cc2cncn2C)C1=O. The van der Waals surface area contributed by atoms with Crippen molar-refractivity contribution >= 4 is 5.91 Å². The summed E-state index contributed by atoms with van der Waals surface area (Å²) in [5.41, 5.74) is 1.14. The lowest BCUT2D eigenvalue weighted by molar-refractivity contribution is -0.130. The van der Waals surface area contributed by atoms with E-state index >= 15 is 0 Å². The third-order valence-electron chi connectivity index (χ3n) is 3.16. The molecule has 0 aliphatic carbocycles. The van der Waals surface area contributed by atoms with Gasteiger partial charge in [-0.3, -0.25) is 4.79 Å². The maximum Gasteiger partial charge on any atom is 0.226 e. The molecule has 1 saturated heterocycles. The molecule has 4 heteroatoms. The first-order valence-electron chi connectivity index (χ1n) is 5.46. The fourth-order valence-corrected chi connectivity index (χ4v) is 2.14. The van der Waals surface area contributed by atoms with E-state index in [1.54, 1.807) is 6.33 Å². The molecular weight excluding hydrogens is 190 g/mol. The van der Waals surface area contributed by atoms with Gasteiger partial charge < -0.3 is 9.47 Å². The van der Waals surface area contributed by atoms with Crippen LogP contribution in [0.3, 0.4) is 0 Å². The minimum absolute atomic E-state index is 0.167. The van der Waals surface area contributed by atoms with Gasteiger partial charge in [-0.15, -0.1) is 0 Å². The number of rotatable bonds is 3. The Kier molecular flexibility index (Phi) is 2.75.